The molecule has 0 atom stereocenters. The Balaban J connectivity index is 1.52. The van der Waals surface area contributed by atoms with Gasteiger partial charge in [-0.1, -0.05) is 6.07 Å². The average Bonchev–Trinajstić information content (AvgIpc) is 2.81. The summed E-state index contributed by atoms with van der Waals surface area (Å²) in [5, 5.41) is 2.88. The van der Waals surface area contributed by atoms with Gasteiger partial charge in [0.1, 0.15) is 6.54 Å². The third-order valence-corrected chi connectivity index (χ3v) is 7.22. The van der Waals surface area contributed by atoms with Crippen molar-refractivity contribution in [2.24, 2.45) is 0 Å². The number of fused-ring (bicyclic) bond motifs is 1. The van der Waals surface area contributed by atoms with Crippen molar-refractivity contribution in [3.05, 3.63) is 48.0 Å². The Labute approximate surface area is 190 Å². The molecule has 2 aliphatic rings. The highest BCUT2D eigenvalue weighted by Gasteiger charge is 2.28. The fourth-order valence-corrected chi connectivity index (χ4v) is 5.21. The van der Waals surface area contributed by atoms with Gasteiger partial charge < -0.3 is 15.1 Å². The van der Waals surface area contributed by atoms with Crippen molar-refractivity contribution in [3.63, 3.8) is 0 Å². The molecule has 1 saturated heterocycles. The molecule has 0 radical (unpaired) electrons. The van der Waals surface area contributed by atoms with Crippen molar-refractivity contribution in [2.75, 3.05) is 41.9 Å². The average molecular weight is 456 g/mol. The molecular weight excluding hydrogens is 430 g/mol. The van der Waals surface area contributed by atoms with E-state index in [4.69, 9.17) is 0 Å². The summed E-state index contributed by atoms with van der Waals surface area (Å²) in [5.74, 6) is -0.129. The summed E-state index contributed by atoms with van der Waals surface area (Å²) in [7, 11) is 0. The lowest BCUT2D eigenvalue weighted by Gasteiger charge is -2.30. The number of nitrogens with zero attached hydrogens (tertiary/aromatic N) is 2. The first-order valence-corrected chi connectivity index (χ1v) is 12.6. The van der Waals surface area contributed by atoms with Crippen LogP contribution >= 0.6 is 23.5 Å². The molecular formula is C23H25N3O3S2. The SMILES string of the molecule is CSc1cccc(NC(=O)CN2C(=O)CSc3ccc(C(=O)N4CCCCC4)cc32)c1. The molecule has 2 heterocycles. The van der Waals surface area contributed by atoms with Crippen LogP contribution in [-0.4, -0.2) is 54.3 Å². The van der Waals surface area contributed by atoms with Crippen LogP contribution < -0.4 is 10.2 Å². The van der Waals surface area contributed by atoms with Gasteiger partial charge in [0, 0.05) is 34.1 Å². The minimum absolute atomic E-state index is 0.0104. The minimum atomic E-state index is -0.266. The molecule has 6 nitrogen and oxygen atoms in total. The smallest absolute Gasteiger partial charge is 0.253 e. The van der Waals surface area contributed by atoms with Gasteiger partial charge in [-0.2, -0.15) is 0 Å². The molecule has 0 saturated carbocycles. The molecule has 1 N–H and O–H groups in total. The van der Waals surface area contributed by atoms with Gasteiger partial charge in [0.25, 0.3) is 5.91 Å². The van der Waals surface area contributed by atoms with Crippen molar-refractivity contribution < 1.29 is 14.4 Å². The maximum Gasteiger partial charge on any atom is 0.253 e. The molecule has 8 heteroatoms. The highest BCUT2D eigenvalue weighted by molar-refractivity contribution is 8.00. The Bertz CT molecular complexity index is 1010. The molecule has 3 amide bonds. The van der Waals surface area contributed by atoms with E-state index < -0.39 is 0 Å². The van der Waals surface area contributed by atoms with E-state index in [0.29, 0.717) is 16.9 Å². The van der Waals surface area contributed by atoms with Gasteiger partial charge in [-0.15, -0.1) is 23.5 Å². The summed E-state index contributed by atoms with van der Waals surface area (Å²) in [5.41, 5.74) is 1.90. The summed E-state index contributed by atoms with van der Waals surface area (Å²) in [4.78, 5) is 43.6. The molecule has 0 aromatic heterocycles. The zero-order valence-electron chi connectivity index (χ0n) is 17.4. The first-order chi connectivity index (χ1) is 15.0. The van der Waals surface area contributed by atoms with Crippen molar-refractivity contribution in [1.82, 2.24) is 4.90 Å². The molecule has 31 heavy (non-hydrogen) atoms. The van der Waals surface area contributed by atoms with E-state index in [1.54, 1.807) is 17.8 Å². The quantitative estimate of drug-likeness (QED) is 0.687. The number of hydrogen-bond donors (Lipinski definition) is 1. The molecule has 0 aliphatic carbocycles. The first kappa shape index (κ1) is 21.8. The summed E-state index contributed by atoms with van der Waals surface area (Å²) in [6.07, 6.45) is 5.18. The molecule has 1 fully saturated rings. The fourth-order valence-electron chi connectivity index (χ4n) is 3.83. The van der Waals surface area contributed by atoms with Gasteiger partial charge in [0.15, 0.2) is 0 Å². The van der Waals surface area contributed by atoms with E-state index >= 15 is 0 Å². The lowest BCUT2D eigenvalue weighted by Crippen LogP contribution is -2.41. The second-order valence-corrected chi connectivity index (χ2v) is 9.48. The number of nitrogens with one attached hydrogen (secondary N) is 1. The summed E-state index contributed by atoms with van der Waals surface area (Å²) >= 11 is 3.04. The number of thioether (sulfide) groups is 2. The number of hydrogen-bond acceptors (Lipinski definition) is 5. The first-order valence-electron chi connectivity index (χ1n) is 10.4. The van der Waals surface area contributed by atoms with Crippen LogP contribution in [0.4, 0.5) is 11.4 Å². The third-order valence-electron chi connectivity index (χ3n) is 5.45. The van der Waals surface area contributed by atoms with Crippen molar-refractivity contribution in [2.45, 2.75) is 29.1 Å². The van der Waals surface area contributed by atoms with Crippen LogP contribution in [0.5, 0.6) is 0 Å². The van der Waals surface area contributed by atoms with E-state index in [2.05, 4.69) is 5.32 Å². The standard InChI is InChI=1S/C23H25N3O3S2/c1-30-18-7-5-6-17(13-18)24-21(27)14-26-19-12-16(8-9-20(19)31-15-22(26)28)23(29)25-10-3-2-4-11-25/h5-9,12-13H,2-4,10-11,14-15H2,1H3,(H,24,27). The van der Waals surface area contributed by atoms with Crippen LogP contribution in [0, 0.1) is 0 Å². The van der Waals surface area contributed by atoms with E-state index in [1.807, 2.05) is 47.6 Å². The molecule has 2 aromatic rings. The topological polar surface area (TPSA) is 69.7 Å². The zero-order chi connectivity index (χ0) is 21.8. The minimum Gasteiger partial charge on any atom is -0.339 e. The Morgan fingerprint density at radius 1 is 1.10 bits per heavy atom. The largest absolute Gasteiger partial charge is 0.339 e. The molecule has 2 aromatic carbocycles. The zero-order valence-corrected chi connectivity index (χ0v) is 19.1. The van der Waals surface area contributed by atoms with Crippen molar-refractivity contribution in [3.8, 4) is 0 Å². The summed E-state index contributed by atoms with van der Waals surface area (Å²) < 4.78 is 0. The van der Waals surface area contributed by atoms with Crippen molar-refractivity contribution >= 4 is 52.6 Å². The Morgan fingerprint density at radius 3 is 2.68 bits per heavy atom. The fraction of sp³-hybridized carbons (Fsp3) is 0.348. The maximum atomic E-state index is 12.9. The number of benzene rings is 2. The van der Waals surface area contributed by atoms with Gasteiger partial charge in [0.2, 0.25) is 11.8 Å². The van der Waals surface area contributed by atoms with E-state index in [9.17, 15) is 14.4 Å². The van der Waals surface area contributed by atoms with Crippen LogP contribution in [0.15, 0.2) is 52.3 Å². The molecule has 2 aliphatic heterocycles. The molecule has 0 bridgehead atoms. The summed E-state index contributed by atoms with van der Waals surface area (Å²) in [6, 6.07) is 13.1. The third kappa shape index (κ3) is 5.07. The van der Waals surface area contributed by atoms with Crippen LogP contribution in [0.2, 0.25) is 0 Å². The van der Waals surface area contributed by atoms with Crippen LogP contribution in [0.25, 0.3) is 0 Å². The molecule has 162 valence electrons. The predicted octanol–water partition coefficient (Wildman–Crippen LogP) is 4.11. The van der Waals surface area contributed by atoms with Gasteiger partial charge in [-0.25, -0.2) is 0 Å². The number of rotatable bonds is 5. The van der Waals surface area contributed by atoms with Crippen LogP contribution in [0.3, 0.4) is 0 Å². The number of anilines is 2. The van der Waals surface area contributed by atoms with E-state index in [0.717, 1.165) is 42.1 Å². The predicted molar refractivity (Wildman–Crippen MR) is 126 cm³/mol. The van der Waals surface area contributed by atoms with E-state index in [1.165, 1.54) is 16.7 Å². The van der Waals surface area contributed by atoms with Crippen LogP contribution in [0.1, 0.15) is 29.6 Å². The van der Waals surface area contributed by atoms with Gasteiger partial charge in [0.05, 0.1) is 11.4 Å². The lowest BCUT2D eigenvalue weighted by atomic mass is 10.1. The maximum absolute atomic E-state index is 12.9. The Hall–Kier alpha value is -2.45. The summed E-state index contributed by atoms with van der Waals surface area (Å²) in [6.45, 7) is 1.45. The molecule has 0 spiro atoms. The van der Waals surface area contributed by atoms with Crippen molar-refractivity contribution in [1.29, 1.82) is 0 Å². The Kier molecular flexibility index (Phi) is 6.87. The number of piperidine rings is 1. The van der Waals surface area contributed by atoms with Gasteiger partial charge in [-0.05, 0) is 61.9 Å². The second kappa shape index (κ2) is 9.78. The monoisotopic (exact) mass is 455 g/mol. The van der Waals surface area contributed by atoms with Crippen LogP contribution in [-0.2, 0) is 9.59 Å². The number of carbonyl (C=O) groups excluding carboxylic acids is 3. The lowest BCUT2D eigenvalue weighted by molar-refractivity contribution is -0.120. The van der Waals surface area contributed by atoms with Gasteiger partial charge in [-0.3, -0.25) is 14.4 Å². The highest BCUT2D eigenvalue weighted by Crippen LogP contribution is 2.36. The molecule has 0 unspecified atom stereocenters. The highest BCUT2D eigenvalue weighted by atomic mass is 32.2. The number of carbonyl (C=O) groups is 3. The number of likely N-dealkylation sites (tertiary alicyclic amines) is 1. The normalized spacial score (nSPS) is 16.1. The molecule has 4 rings (SSSR count). The number of amides is 3. The van der Waals surface area contributed by atoms with Gasteiger partial charge >= 0.3 is 0 Å². The second-order valence-electron chi connectivity index (χ2n) is 7.58. The Morgan fingerprint density at radius 2 is 1.90 bits per heavy atom. The van der Waals surface area contributed by atoms with E-state index in [-0.39, 0.29) is 30.0 Å².